The number of rotatable bonds is 6. The molecule has 2 aromatic carbocycles. The number of carbonyl (C=O) groups is 1. The van der Waals surface area contributed by atoms with Gasteiger partial charge in [-0.15, -0.1) is 0 Å². The van der Waals surface area contributed by atoms with Crippen LogP contribution in [0.5, 0.6) is 17.2 Å². The van der Waals surface area contributed by atoms with Gasteiger partial charge >= 0.3 is 5.97 Å². The van der Waals surface area contributed by atoms with E-state index in [9.17, 15) is 9.90 Å². The number of carboxylic acid groups (broad SMARTS) is 1. The lowest BCUT2D eigenvalue weighted by Gasteiger charge is -2.15. The summed E-state index contributed by atoms with van der Waals surface area (Å²) in [5.41, 5.74) is 1.13. The number of aromatic hydroxyl groups is 1. The number of hydrogen-bond acceptors (Lipinski definition) is 5. The molecule has 0 spiro atoms. The number of methoxy groups -OCH3 is 1. The summed E-state index contributed by atoms with van der Waals surface area (Å²) in [5, 5.41) is 18.5. The summed E-state index contributed by atoms with van der Waals surface area (Å²) in [6.45, 7) is 1.44. The van der Waals surface area contributed by atoms with Gasteiger partial charge in [0.25, 0.3) is 0 Å². The predicted octanol–water partition coefficient (Wildman–Crippen LogP) is 3.00. The lowest BCUT2D eigenvalue weighted by atomic mass is 10.2. The van der Waals surface area contributed by atoms with E-state index in [2.05, 4.69) is 4.99 Å². The second-order valence-electron chi connectivity index (χ2n) is 4.75. The lowest BCUT2D eigenvalue weighted by Crippen LogP contribution is -2.23. The summed E-state index contributed by atoms with van der Waals surface area (Å²) in [6.07, 6.45) is 0.500. The summed E-state index contributed by atoms with van der Waals surface area (Å²) in [4.78, 5) is 15.3. The molecule has 0 saturated heterocycles. The van der Waals surface area contributed by atoms with Crippen LogP contribution in [-0.4, -0.2) is 35.6 Å². The average Bonchev–Trinajstić information content (AvgIpc) is 2.53. The maximum absolute atomic E-state index is 11.0. The van der Waals surface area contributed by atoms with Gasteiger partial charge in [-0.3, -0.25) is 4.99 Å². The van der Waals surface area contributed by atoms with Crippen molar-refractivity contribution in [2.24, 2.45) is 4.99 Å². The van der Waals surface area contributed by atoms with Gasteiger partial charge < -0.3 is 19.7 Å². The largest absolute Gasteiger partial charge is 0.508 e. The molecule has 0 bridgehead atoms. The Hall–Kier alpha value is -3.02. The van der Waals surface area contributed by atoms with Gasteiger partial charge in [-0.2, -0.15) is 0 Å². The van der Waals surface area contributed by atoms with Crippen LogP contribution < -0.4 is 9.47 Å². The van der Waals surface area contributed by atoms with E-state index in [1.807, 2.05) is 0 Å². The first-order valence-electron chi connectivity index (χ1n) is 6.91. The number of aliphatic imine (C=N–C) groups is 1. The van der Waals surface area contributed by atoms with Gasteiger partial charge in [0.2, 0.25) is 0 Å². The van der Waals surface area contributed by atoms with Crippen LogP contribution >= 0.6 is 0 Å². The topological polar surface area (TPSA) is 88.4 Å². The van der Waals surface area contributed by atoms with E-state index in [0.717, 1.165) is 0 Å². The van der Waals surface area contributed by atoms with Crippen molar-refractivity contribution in [2.45, 2.75) is 13.0 Å². The Labute approximate surface area is 133 Å². The van der Waals surface area contributed by atoms with Crippen LogP contribution in [0.1, 0.15) is 12.5 Å². The van der Waals surface area contributed by atoms with Crippen LogP contribution in [0.3, 0.4) is 0 Å². The van der Waals surface area contributed by atoms with Crippen LogP contribution in [0.15, 0.2) is 47.5 Å². The van der Waals surface area contributed by atoms with Crippen LogP contribution in [0.2, 0.25) is 0 Å². The Morgan fingerprint density at radius 1 is 1.26 bits per heavy atom. The molecular weight excluding hydrogens is 298 g/mol. The van der Waals surface area contributed by atoms with Crippen molar-refractivity contribution < 1.29 is 24.5 Å². The number of phenolic OH excluding ortho intramolecular Hbond substituents is 1. The number of hydrogen-bond donors (Lipinski definition) is 2. The molecule has 0 unspecified atom stereocenters. The molecule has 0 heterocycles. The Balaban J connectivity index is 2.35. The predicted molar refractivity (Wildman–Crippen MR) is 86.1 cm³/mol. The molecule has 6 heteroatoms. The van der Waals surface area contributed by atoms with Crippen molar-refractivity contribution in [1.29, 1.82) is 0 Å². The van der Waals surface area contributed by atoms with Crippen LogP contribution in [0, 0.1) is 0 Å². The maximum Gasteiger partial charge on any atom is 0.344 e. The minimum absolute atomic E-state index is 0.112. The fraction of sp³-hybridized carbons (Fsp3) is 0.176. The molecule has 6 nitrogen and oxygen atoms in total. The summed E-state index contributed by atoms with van der Waals surface area (Å²) < 4.78 is 10.7. The van der Waals surface area contributed by atoms with Crippen LogP contribution in [0.4, 0.5) is 5.69 Å². The molecule has 0 radical (unpaired) electrons. The molecule has 120 valence electrons. The van der Waals surface area contributed by atoms with Crippen LogP contribution in [-0.2, 0) is 4.79 Å². The zero-order valence-electron chi connectivity index (χ0n) is 12.8. The highest BCUT2D eigenvalue weighted by molar-refractivity contribution is 5.87. The van der Waals surface area contributed by atoms with Gasteiger partial charge in [0.15, 0.2) is 17.6 Å². The van der Waals surface area contributed by atoms with E-state index < -0.39 is 12.1 Å². The van der Waals surface area contributed by atoms with Gasteiger partial charge in [0.05, 0.1) is 12.8 Å². The third kappa shape index (κ3) is 4.23. The van der Waals surface area contributed by atoms with E-state index >= 15 is 0 Å². The lowest BCUT2D eigenvalue weighted by molar-refractivity contribution is -0.144. The minimum Gasteiger partial charge on any atom is -0.508 e. The molecule has 0 aliphatic rings. The molecule has 2 aromatic rings. The molecule has 0 aliphatic carbocycles. The molecule has 0 amide bonds. The van der Waals surface area contributed by atoms with Gasteiger partial charge in [-0.25, -0.2) is 4.79 Å². The number of carboxylic acids is 1. The molecule has 1 atom stereocenters. The van der Waals surface area contributed by atoms with Gasteiger partial charge in [0, 0.05) is 17.8 Å². The third-order valence-electron chi connectivity index (χ3n) is 3.05. The van der Waals surface area contributed by atoms with E-state index in [0.29, 0.717) is 22.7 Å². The number of ether oxygens (including phenoxy) is 2. The number of phenols is 1. The third-order valence-corrected chi connectivity index (χ3v) is 3.05. The SMILES string of the molecule is COc1cccc(C=Nc2cccc(O)c2)c1O[C@@H](C)C(=O)O. The average molecular weight is 315 g/mol. The highest BCUT2D eigenvalue weighted by Gasteiger charge is 2.17. The van der Waals surface area contributed by atoms with Crippen molar-refractivity contribution in [2.75, 3.05) is 7.11 Å². The normalized spacial score (nSPS) is 12.1. The molecule has 2 rings (SSSR count). The van der Waals surface area contributed by atoms with Gasteiger partial charge in [-0.1, -0.05) is 12.1 Å². The smallest absolute Gasteiger partial charge is 0.344 e. The van der Waals surface area contributed by atoms with Crippen molar-refractivity contribution in [3.05, 3.63) is 48.0 Å². The molecule has 0 aliphatic heterocycles. The first kappa shape index (κ1) is 16.4. The monoisotopic (exact) mass is 315 g/mol. The first-order valence-corrected chi connectivity index (χ1v) is 6.91. The Morgan fingerprint density at radius 3 is 2.65 bits per heavy atom. The first-order chi connectivity index (χ1) is 11.0. The Morgan fingerprint density at radius 2 is 2.00 bits per heavy atom. The highest BCUT2D eigenvalue weighted by atomic mass is 16.5. The van der Waals surface area contributed by atoms with E-state index in [4.69, 9.17) is 14.6 Å². The molecular formula is C17H17NO5. The standard InChI is InChI=1S/C17H17NO5/c1-11(17(20)21)23-16-12(5-3-8-15(16)22-2)10-18-13-6-4-7-14(19)9-13/h3-11,19H,1-2H3,(H,20,21)/t11-/m0/s1. The summed E-state index contributed by atoms with van der Waals surface area (Å²) in [6, 6.07) is 11.6. The summed E-state index contributed by atoms with van der Waals surface area (Å²) >= 11 is 0. The number of nitrogens with zero attached hydrogens (tertiary/aromatic N) is 1. The summed E-state index contributed by atoms with van der Waals surface area (Å²) in [5.74, 6) is -0.250. The second-order valence-corrected chi connectivity index (χ2v) is 4.75. The molecule has 2 N–H and O–H groups in total. The van der Waals surface area contributed by atoms with Gasteiger partial charge in [0.1, 0.15) is 5.75 Å². The molecule has 0 fully saturated rings. The van der Waals surface area contributed by atoms with E-state index in [1.54, 1.807) is 36.4 Å². The zero-order valence-corrected chi connectivity index (χ0v) is 12.8. The number of aliphatic carboxylic acids is 1. The molecule has 0 saturated carbocycles. The van der Waals surface area contributed by atoms with Crippen molar-refractivity contribution in [3.63, 3.8) is 0 Å². The number of para-hydroxylation sites is 1. The highest BCUT2D eigenvalue weighted by Crippen LogP contribution is 2.31. The Kier molecular flexibility index (Phi) is 5.19. The van der Waals surface area contributed by atoms with Crippen molar-refractivity contribution in [3.8, 4) is 17.2 Å². The summed E-state index contributed by atoms with van der Waals surface area (Å²) in [7, 11) is 1.48. The van der Waals surface area contributed by atoms with Gasteiger partial charge in [-0.05, 0) is 31.2 Å². The minimum atomic E-state index is -1.08. The van der Waals surface area contributed by atoms with Crippen molar-refractivity contribution >= 4 is 17.9 Å². The molecule has 23 heavy (non-hydrogen) atoms. The second kappa shape index (κ2) is 7.31. The fourth-order valence-electron chi connectivity index (χ4n) is 1.87. The van der Waals surface area contributed by atoms with E-state index in [1.165, 1.54) is 26.3 Å². The van der Waals surface area contributed by atoms with Crippen molar-refractivity contribution in [1.82, 2.24) is 0 Å². The number of benzene rings is 2. The fourth-order valence-corrected chi connectivity index (χ4v) is 1.87. The van der Waals surface area contributed by atoms with Crippen LogP contribution in [0.25, 0.3) is 0 Å². The molecule has 0 aromatic heterocycles. The Bertz CT molecular complexity index is 727. The maximum atomic E-state index is 11.0. The quantitative estimate of drug-likeness (QED) is 0.800. The zero-order chi connectivity index (χ0) is 16.8. The van der Waals surface area contributed by atoms with E-state index in [-0.39, 0.29) is 5.75 Å².